The summed E-state index contributed by atoms with van der Waals surface area (Å²) < 4.78 is 67.7. The molecule has 3 N–H and O–H groups in total. The molecular formula is C62H120O17P2. The van der Waals surface area contributed by atoms with Crippen molar-refractivity contribution in [3.05, 3.63) is 0 Å². The molecule has 0 spiro atoms. The van der Waals surface area contributed by atoms with Gasteiger partial charge in [0.1, 0.15) is 19.3 Å². The Hall–Kier alpha value is -1.94. The molecule has 2 unspecified atom stereocenters. The summed E-state index contributed by atoms with van der Waals surface area (Å²) in [5.41, 5.74) is 0. The Morgan fingerprint density at radius 2 is 0.568 bits per heavy atom. The molecule has 0 bridgehead atoms. The van der Waals surface area contributed by atoms with Crippen LogP contribution < -0.4 is 0 Å². The Kier molecular flexibility index (Phi) is 53.4. The molecular weight excluding hydrogens is 1080 g/mol. The molecule has 0 aliphatic rings. The van der Waals surface area contributed by atoms with E-state index in [9.17, 15) is 43.2 Å². The van der Waals surface area contributed by atoms with Crippen LogP contribution in [-0.4, -0.2) is 96.7 Å². The molecule has 0 fully saturated rings. The van der Waals surface area contributed by atoms with Crippen molar-refractivity contribution in [1.29, 1.82) is 0 Å². The molecule has 0 aliphatic heterocycles. The average Bonchev–Trinajstić information content (AvgIpc) is 3.42. The molecule has 0 heterocycles. The number of hydrogen-bond donors (Lipinski definition) is 3. The van der Waals surface area contributed by atoms with Crippen molar-refractivity contribution in [1.82, 2.24) is 0 Å². The van der Waals surface area contributed by atoms with E-state index in [0.717, 1.165) is 127 Å². The fraction of sp³-hybridized carbons (Fsp3) is 0.935. The Bertz CT molecular complexity index is 1600. The lowest BCUT2D eigenvalue weighted by Gasteiger charge is -2.21. The number of aliphatic hydroxyl groups excluding tert-OH is 1. The third kappa shape index (κ3) is 56.9. The van der Waals surface area contributed by atoms with E-state index in [-0.39, 0.29) is 25.7 Å². The Labute approximate surface area is 492 Å². The summed E-state index contributed by atoms with van der Waals surface area (Å²) >= 11 is 0. The largest absolute Gasteiger partial charge is 0.472 e. The summed E-state index contributed by atoms with van der Waals surface area (Å²) in [7, 11) is -9.87. The minimum absolute atomic E-state index is 0.103. The molecule has 19 heteroatoms. The summed E-state index contributed by atoms with van der Waals surface area (Å²) in [5, 5.41) is 10.5. The number of esters is 4. The molecule has 0 rings (SSSR count). The third-order valence-electron chi connectivity index (χ3n) is 14.2. The van der Waals surface area contributed by atoms with Crippen LogP contribution in [0.15, 0.2) is 0 Å². The fourth-order valence-corrected chi connectivity index (χ4v) is 10.8. The van der Waals surface area contributed by atoms with Gasteiger partial charge in [0.05, 0.1) is 26.4 Å². The first-order chi connectivity index (χ1) is 38.9. The average molecular weight is 1200 g/mol. The van der Waals surface area contributed by atoms with Gasteiger partial charge in [-0.25, -0.2) is 9.13 Å². The summed E-state index contributed by atoms with van der Waals surface area (Å²) in [6.07, 6.45) is 36.4. The van der Waals surface area contributed by atoms with Gasteiger partial charge in [-0.05, 0) is 37.5 Å². The maximum Gasteiger partial charge on any atom is 0.472 e. The fourth-order valence-electron chi connectivity index (χ4n) is 9.18. The molecule has 0 aromatic heterocycles. The first-order valence-corrected chi connectivity index (χ1v) is 35.5. The van der Waals surface area contributed by atoms with Crippen LogP contribution in [0.25, 0.3) is 0 Å². The zero-order valence-electron chi connectivity index (χ0n) is 52.1. The Balaban J connectivity index is 5.19. The third-order valence-corrected chi connectivity index (χ3v) is 16.1. The molecule has 0 aliphatic carbocycles. The molecule has 0 saturated carbocycles. The van der Waals surface area contributed by atoms with Gasteiger partial charge < -0.3 is 33.8 Å². The van der Waals surface area contributed by atoms with Gasteiger partial charge in [-0.3, -0.25) is 37.3 Å². The maximum absolute atomic E-state index is 13.0. The van der Waals surface area contributed by atoms with E-state index in [0.29, 0.717) is 25.7 Å². The smallest absolute Gasteiger partial charge is 0.462 e. The standard InChI is InChI=1S/C62H120O17P2/c1-7-9-11-13-24-32-38-44-59(64)72-50-57(78-61(66)46-40-34-25-14-12-10-8-2)52-76-80(68,69)74-48-56(63)49-75-81(70,71)77-53-58(51-73-60(65)45-39-33-28-22-19-18-21-27-31-37-43-55(5)6)79-62(67)47-41-35-29-23-17-15-16-20-26-30-36-42-54(3)4/h54-58,63H,7-53H2,1-6H3,(H,68,69)(H,70,71)/t56-,57+,58+/m0/s1. The zero-order valence-corrected chi connectivity index (χ0v) is 53.9. The highest BCUT2D eigenvalue weighted by Gasteiger charge is 2.30. The van der Waals surface area contributed by atoms with Crippen LogP contribution >= 0.6 is 15.6 Å². The van der Waals surface area contributed by atoms with Crippen LogP contribution in [0.5, 0.6) is 0 Å². The van der Waals surface area contributed by atoms with Crippen molar-refractivity contribution in [3.63, 3.8) is 0 Å². The number of phosphoric acid groups is 2. The minimum Gasteiger partial charge on any atom is -0.462 e. The molecule has 0 radical (unpaired) electrons. The van der Waals surface area contributed by atoms with E-state index >= 15 is 0 Å². The number of ether oxygens (including phenoxy) is 4. The minimum atomic E-state index is -4.94. The van der Waals surface area contributed by atoms with Crippen molar-refractivity contribution < 1.29 is 80.2 Å². The second-order valence-electron chi connectivity index (χ2n) is 23.4. The SMILES string of the molecule is CCCCCCCCCC(=O)OC[C@H](COP(=O)(O)OC[C@H](O)COP(=O)(O)OC[C@@H](COC(=O)CCCCCCCCCCCCC(C)C)OC(=O)CCCCCCCCCCCCCC(C)C)OC(=O)CCCCCCCCC. The zero-order chi connectivity index (χ0) is 60.1. The topological polar surface area (TPSA) is 237 Å². The van der Waals surface area contributed by atoms with E-state index < -0.39 is 97.5 Å². The lowest BCUT2D eigenvalue weighted by atomic mass is 10.0. The monoisotopic (exact) mass is 1200 g/mol. The van der Waals surface area contributed by atoms with Crippen molar-refractivity contribution >= 4 is 39.5 Å². The van der Waals surface area contributed by atoms with Gasteiger partial charge in [-0.1, -0.05) is 253 Å². The maximum atomic E-state index is 13.0. The first-order valence-electron chi connectivity index (χ1n) is 32.5. The number of phosphoric ester groups is 2. The normalized spacial score (nSPS) is 14.4. The van der Waals surface area contributed by atoms with Gasteiger partial charge in [0.15, 0.2) is 12.2 Å². The number of hydrogen-bond acceptors (Lipinski definition) is 15. The van der Waals surface area contributed by atoms with Crippen LogP contribution in [0.1, 0.15) is 305 Å². The van der Waals surface area contributed by atoms with E-state index in [1.807, 2.05) is 0 Å². The van der Waals surface area contributed by atoms with Crippen LogP contribution in [0, 0.1) is 11.8 Å². The summed E-state index contributed by atoms with van der Waals surface area (Å²) in [4.78, 5) is 71.9. The first kappa shape index (κ1) is 79.1. The van der Waals surface area contributed by atoms with Gasteiger partial charge in [0.25, 0.3) is 0 Å². The molecule has 480 valence electrons. The number of carbonyl (C=O) groups is 4. The number of carbonyl (C=O) groups excluding carboxylic acids is 4. The second kappa shape index (κ2) is 54.7. The summed E-state index contributed by atoms with van der Waals surface area (Å²) in [5.74, 6) is -0.621. The quantitative estimate of drug-likeness (QED) is 0.0222. The van der Waals surface area contributed by atoms with E-state index in [4.69, 9.17) is 37.0 Å². The molecule has 0 saturated heterocycles. The molecule has 5 atom stereocenters. The highest BCUT2D eigenvalue weighted by molar-refractivity contribution is 7.47. The van der Waals surface area contributed by atoms with Gasteiger partial charge in [0.2, 0.25) is 0 Å². The second-order valence-corrected chi connectivity index (χ2v) is 26.3. The van der Waals surface area contributed by atoms with Crippen LogP contribution in [-0.2, 0) is 65.4 Å². The van der Waals surface area contributed by atoms with Crippen molar-refractivity contribution in [2.45, 2.75) is 323 Å². The van der Waals surface area contributed by atoms with Gasteiger partial charge >= 0.3 is 39.5 Å². The molecule has 17 nitrogen and oxygen atoms in total. The Morgan fingerprint density at radius 1 is 0.333 bits per heavy atom. The van der Waals surface area contributed by atoms with Crippen molar-refractivity contribution in [2.75, 3.05) is 39.6 Å². The van der Waals surface area contributed by atoms with Crippen molar-refractivity contribution in [2.24, 2.45) is 11.8 Å². The predicted octanol–water partition coefficient (Wildman–Crippen LogP) is 16.9. The number of rotatable bonds is 61. The van der Waals surface area contributed by atoms with Crippen LogP contribution in [0.2, 0.25) is 0 Å². The van der Waals surface area contributed by atoms with Crippen LogP contribution in [0.3, 0.4) is 0 Å². The lowest BCUT2D eigenvalue weighted by Crippen LogP contribution is -2.30. The number of unbranched alkanes of at least 4 members (excludes halogenated alkanes) is 31. The van der Waals surface area contributed by atoms with E-state index in [1.54, 1.807) is 0 Å². The highest BCUT2D eigenvalue weighted by Crippen LogP contribution is 2.45. The molecule has 0 amide bonds. The highest BCUT2D eigenvalue weighted by atomic mass is 31.2. The molecule has 81 heavy (non-hydrogen) atoms. The van der Waals surface area contributed by atoms with Crippen LogP contribution in [0.4, 0.5) is 0 Å². The van der Waals surface area contributed by atoms with Crippen molar-refractivity contribution in [3.8, 4) is 0 Å². The summed E-state index contributed by atoms with van der Waals surface area (Å²) in [6, 6.07) is 0. The van der Waals surface area contributed by atoms with Gasteiger partial charge in [-0.2, -0.15) is 0 Å². The molecule has 0 aromatic carbocycles. The van der Waals surface area contributed by atoms with E-state index in [1.165, 1.54) is 96.3 Å². The van der Waals surface area contributed by atoms with Gasteiger partial charge in [0, 0.05) is 25.7 Å². The Morgan fingerprint density at radius 3 is 0.840 bits per heavy atom. The number of aliphatic hydroxyl groups is 1. The molecule has 0 aromatic rings. The van der Waals surface area contributed by atoms with E-state index in [2.05, 4.69) is 41.5 Å². The lowest BCUT2D eigenvalue weighted by molar-refractivity contribution is -0.161. The predicted molar refractivity (Wildman–Crippen MR) is 321 cm³/mol. The van der Waals surface area contributed by atoms with Gasteiger partial charge in [-0.15, -0.1) is 0 Å². The summed E-state index contributed by atoms with van der Waals surface area (Å²) in [6.45, 7) is 9.39.